The standard InChI is InChI=1S/C12H23NS/c1-3-10(9-7-8-9)13-11-5-4-6-12(11)14-2/h9-13H,3-8H2,1-2H3. The average molecular weight is 213 g/mol. The van der Waals surface area contributed by atoms with Gasteiger partial charge in [-0.2, -0.15) is 11.8 Å². The van der Waals surface area contributed by atoms with Gasteiger partial charge in [-0.15, -0.1) is 0 Å². The Hall–Kier alpha value is 0.310. The van der Waals surface area contributed by atoms with Crippen molar-refractivity contribution in [3.8, 4) is 0 Å². The molecule has 0 saturated heterocycles. The third kappa shape index (κ3) is 2.46. The number of hydrogen-bond donors (Lipinski definition) is 1. The van der Waals surface area contributed by atoms with Crippen molar-refractivity contribution in [3.63, 3.8) is 0 Å². The largest absolute Gasteiger partial charge is 0.310 e. The molecule has 3 atom stereocenters. The quantitative estimate of drug-likeness (QED) is 0.753. The summed E-state index contributed by atoms with van der Waals surface area (Å²) in [5, 5.41) is 4.80. The van der Waals surface area contributed by atoms with Crippen LogP contribution < -0.4 is 5.32 Å². The highest BCUT2D eigenvalue weighted by molar-refractivity contribution is 7.99. The molecule has 1 N–H and O–H groups in total. The molecule has 0 heterocycles. The molecule has 2 aliphatic rings. The SMILES string of the molecule is CCC(NC1CCCC1SC)C1CC1. The van der Waals surface area contributed by atoms with Crippen molar-refractivity contribution >= 4 is 11.8 Å². The van der Waals surface area contributed by atoms with Gasteiger partial charge in [0.1, 0.15) is 0 Å². The fraction of sp³-hybridized carbons (Fsp3) is 1.00. The minimum absolute atomic E-state index is 0.815. The Labute approximate surface area is 92.4 Å². The first kappa shape index (κ1) is 10.8. The Morgan fingerprint density at radius 3 is 2.64 bits per heavy atom. The predicted octanol–water partition coefficient (Wildman–Crippen LogP) is 3.05. The van der Waals surface area contributed by atoms with E-state index in [9.17, 15) is 0 Å². The summed E-state index contributed by atoms with van der Waals surface area (Å²) in [5.74, 6) is 1.02. The van der Waals surface area contributed by atoms with E-state index in [0.717, 1.165) is 23.3 Å². The van der Waals surface area contributed by atoms with Crippen LogP contribution in [0.1, 0.15) is 45.4 Å². The van der Waals surface area contributed by atoms with E-state index in [-0.39, 0.29) is 0 Å². The maximum absolute atomic E-state index is 3.91. The van der Waals surface area contributed by atoms with Crippen molar-refractivity contribution in [2.24, 2.45) is 5.92 Å². The smallest absolute Gasteiger partial charge is 0.0198 e. The van der Waals surface area contributed by atoms with E-state index in [0.29, 0.717) is 0 Å². The van der Waals surface area contributed by atoms with Crippen molar-refractivity contribution in [3.05, 3.63) is 0 Å². The highest BCUT2D eigenvalue weighted by Gasteiger charge is 2.34. The predicted molar refractivity (Wildman–Crippen MR) is 64.9 cm³/mol. The highest BCUT2D eigenvalue weighted by atomic mass is 32.2. The van der Waals surface area contributed by atoms with E-state index in [1.807, 2.05) is 0 Å². The molecule has 14 heavy (non-hydrogen) atoms. The lowest BCUT2D eigenvalue weighted by Gasteiger charge is -2.25. The van der Waals surface area contributed by atoms with Gasteiger partial charge in [0.05, 0.1) is 0 Å². The molecule has 82 valence electrons. The number of nitrogens with one attached hydrogen (secondary N) is 1. The van der Waals surface area contributed by atoms with Crippen molar-refractivity contribution in [1.29, 1.82) is 0 Å². The van der Waals surface area contributed by atoms with Gasteiger partial charge in [-0.3, -0.25) is 0 Å². The maximum Gasteiger partial charge on any atom is 0.0198 e. The van der Waals surface area contributed by atoms with Gasteiger partial charge < -0.3 is 5.32 Å². The molecular formula is C12H23NS. The molecule has 0 aromatic rings. The topological polar surface area (TPSA) is 12.0 Å². The second kappa shape index (κ2) is 4.89. The molecule has 0 bridgehead atoms. The van der Waals surface area contributed by atoms with Gasteiger partial charge in [0.2, 0.25) is 0 Å². The third-order valence-electron chi connectivity index (χ3n) is 3.81. The molecule has 0 aromatic carbocycles. The Balaban J connectivity index is 1.81. The fourth-order valence-electron chi connectivity index (χ4n) is 2.76. The minimum atomic E-state index is 0.815. The Morgan fingerprint density at radius 1 is 1.29 bits per heavy atom. The van der Waals surface area contributed by atoms with Gasteiger partial charge in [-0.25, -0.2) is 0 Å². The lowest BCUT2D eigenvalue weighted by atomic mass is 10.1. The van der Waals surface area contributed by atoms with Crippen molar-refractivity contribution < 1.29 is 0 Å². The summed E-state index contributed by atoms with van der Waals surface area (Å²) in [6, 6.07) is 1.64. The molecule has 2 saturated carbocycles. The first-order chi connectivity index (χ1) is 6.85. The van der Waals surface area contributed by atoms with Crippen LogP contribution in [0.15, 0.2) is 0 Å². The lowest BCUT2D eigenvalue weighted by molar-refractivity contribution is 0.391. The molecule has 0 aromatic heterocycles. The lowest BCUT2D eigenvalue weighted by Crippen LogP contribution is -2.42. The molecule has 0 amide bonds. The molecule has 0 radical (unpaired) electrons. The summed E-state index contributed by atoms with van der Waals surface area (Å²) < 4.78 is 0. The molecule has 2 rings (SSSR count). The van der Waals surface area contributed by atoms with Crippen molar-refractivity contribution in [2.75, 3.05) is 6.26 Å². The normalized spacial score (nSPS) is 34.7. The van der Waals surface area contributed by atoms with Crippen LogP contribution in [0, 0.1) is 5.92 Å². The monoisotopic (exact) mass is 213 g/mol. The van der Waals surface area contributed by atoms with Gasteiger partial charge in [-0.05, 0) is 44.3 Å². The van der Waals surface area contributed by atoms with Crippen LogP contribution in [0.5, 0.6) is 0 Å². The summed E-state index contributed by atoms with van der Waals surface area (Å²) in [7, 11) is 0. The average Bonchev–Trinajstić information content (AvgIpc) is 2.95. The molecule has 1 nitrogen and oxygen atoms in total. The van der Waals surface area contributed by atoms with E-state index in [4.69, 9.17) is 0 Å². The Kier molecular flexibility index (Phi) is 3.78. The van der Waals surface area contributed by atoms with E-state index in [1.54, 1.807) is 0 Å². The summed E-state index contributed by atoms with van der Waals surface area (Å²) in [6.45, 7) is 2.33. The number of hydrogen-bond acceptors (Lipinski definition) is 2. The van der Waals surface area contributed by atoms with E-state index >= 15 is 0 Å². The Bertz CT molecular complexity index is 179. The highest BCUT2D eigenvalue weighted by Crippen LogP contribution is 2.36. The van der Waals surface area contributed by atoms with E-state index in [2.05, 4.69) is 30.3 Å². The summed E-state index contributed by atoms with van der Waals surface area (Å²) >= 11 is 2.06. The second-order valence-corrected chi connectivity index (χ2v) is 5.91. The summed E-state index contributed by atoms with van der Waals surface area (Å²) in [4.78, 5) is 0. The first-order valence-electron chi connectivity index (χ1n) is 6.14. The molecule has 2 aliphatic carbocycles. The minimum Gasteiger partial charge on any atom is -0.310 e. The van der Waals surface area contributed by atoms with Crippen molar-refractivity contribution in [1.82, 2.24) is 5.32 Å². The maximum atomic E-state index is 3.91. The van der Waals surface area contributed by atoms with E-state index < -0.39 is 0 Å². The molecular weight excluding hydrogens is 190 g/mol. The van der Waals surface area contributed by atoms with Gasteiger partial charge in [-0.1, -0.05) is 13.3 Å². The van der Waals surface area contributed by atoms with Gasteiger partial charge in [0.25, 0.3) is 0 Å². The van der Waals surface area contributed by atoms with Crippen LogP contribution in [-0.4, -0.2) is 23.6 Å². The van der Waals surface area contributed by atoms with Crippen LogP contribution in [0.2, 0.25) is 0 Å². The van der Waals surface area contributed by atoms with Gasteiger partial charge in [0.15, 0.2) is 0 Å². The molecule has 0 aliphatic heterocycles. The first-order valence-corrected chi connectivity index (χ1v) is 7.42. The van der Waals surface area contributed by atoms with Gasteiger partial charge >= 0.3 is 0 Å². The molecule has 2 heteroatoms. The van der Waals surface area contributed by atoms with Crippen LogP contribution >= 0.6 is 11.8 Å². The van der Waals surface area contributed by atoms with E-state index in [1.165, 1.54) is 38.5 Å². The molecule has 2 fully saturated rings. The van der Waals surface area contributed by atoms with Crippen LogP contribution in [0.4, 0.5) is 0 Å². The molecule has 0 spiro atoms. The zero-order chi connectivity index (χ0) is 9.97. The summed E-state index contributed by atoms with van der Waals surface area (Å²) in [5.41, 5.74) is 0. The molecule has 3 unspecified atom stereocenters. The third-order valence-corrected chi connectivity index (χ3v) is 4.98. The van der Waals surface area contributed by atoms with Gasteiger partial charge in [0, 0.05) is 17.3 Å². The summed E-state index contributed by atoms with van der Waals surface area (Å²) in [6.07, 6.45) is 10.8. The number of thioether (sulfide) groups is 1. The van der Waals surface area contributed by atoms with Crippen LogP contribution in [0.3, 0.4) is 0 Å². The zero-order valence-corrected chi connectivity index (χ0v) is 10.3. The van der Waals surface area contributed by atoms with Crippen molar-refractivity contribution in [2.45, 2.75) is 62.8 Å². The Morgan fingerprint density at radius 2 is 2.07 bits per heavy atom. The second-order valence-electron chi connectivity index (χ2n) is 4.83. The number of rotatable bonds is 5. The fourth-order valence-corrected chi connectivity index (χ4v) is 3.71. The zero-order valence-electron chi connectivity index (χ0n) is 9.46. The van der Waals surface area contributed by atoms with Crippen LogP contribution in [0.25, 0.3) is 0 Å². The van der Waals surface area contributed by atoms with Crippen LogP contribution in [-0.2, 0) is 0 Å².